The second-order valence-electron chi connectivity index (χ2n) is 2.56. The SMILES string of the molecule is CCOC(=O)Cn1cc(Cl)c([N+](=O)[O-])n1. The zero-order chi connectivity index (χ0) is 11.4. The van der Waals surface area contributed by atoms with Crippen molar-refractivity contribution in [3.05, 3.63) is 21.3 Å². The Balaban J connectivity index is 2.75. The Bertz CT molecular complexity index is 390. The first kappa shape index (κ1) is 11.4. The summed E-state index contributed by atoms with van der Waals surface area (Å²) in [5.74, 6) is -0.993. The number of nitro groups is 1. The Morgan fingerprint density at radius 3 is 2.93 bits per heavy atom. The molecule has 0 unspecified atom stereocenters. The quantitative estimate of drug-likeness (QED) is 0.440. The van der Waals surface area contributed by atoms with Crippen LogP contribution in [0.5, 0.6) is 0 Å². The van der Waals surface area contributed by atoms with Gasteiger partial charge in [0.15, 0.2) is 11.6 Å². The molecule has 0 saturated carbocycles. The highest BCUT2D eigenvalue weighted by atomic mass is 35.5. The lowest BCUT2D eigenvalue weighted by Gasteiger charge is -1.97. The summed E-state index contributed by atoms with van der Waals surface area (Å²) in [6.07, 6.45) is 1.20. The zero-order valence-corrected chi connectivity index (χ0v) is 8.60. The lowest BCUT2D eigenvalue weighted by Crippen LogP contribution is -2.13. The maximum absolute atomic E-state index is 11.0. The number of aromatic nitrogens is 2. The Morgan fingerprint density at radius 2 is 2.47 bits per heavy atom. The molecule has 0 radical (unpaired) electrons. The van der Waals surface area contributed by atoms with Crippen LogP contribution in [0.4, 0.5) is 5.82 Å². The van der Waals surface area contributed by atoms with Crippen molar-refractivity contribution in [2.45, 2.75) is 13.5 Å². The maximum atomic E-state index is 11.0. The van der Waals surface area contributed by atoms with Gasteiger partial charge in [0.25, 0.3) is 0 Å². The molecular weight excluding hydrogens is 226 g/mol. The van der Waals surface area contributed by atoms with Gasteiger partial charge in [0.2, 0.25) is 0 Å². The van der Waals surface area contributed by atoms with E-state index in [1.165, 1.54) is 6.20 Å². The number of hydrogen-bond acceptors (Lipinski definition) is 5. The minimum Gasteiger partial charge on any atom is -0.465 e. The molecule has 0 amide bonds. The molecule has 0 aliphatic heterocycles. The van der Waals surface area contributed by atoms with Gasteiger partial charge in [-0.15, -0.1) is 0 Å². The molecule has 1 aromatic heterocycles. The molecule has 82 valence electrons. The maximum Gasteiger partial charge on any atom is 0.408 e. The van der Waals surface area contributed by atoms with Crippen molar-refractivity contribution in [1.29, 1.82) is 0 Å². The predicted molar refractivity (Wildman–Crippen MR) is 50.5 cm³/mol. The average Bonchev–Trinajstić information content (AvgIpc) is 2.47. The van der Waals surface area contributed by atoms with E-state index in [9.17, 15) is 14.9 Å². The summed E-state index contributed by atoms with van der Waals surface area (Å²) >= 11 is 5.52. The highest BCUT2D eigenvalue weighted by Gasteiger charge is 2.20. The number of halogens is 1. The van der Waals surface area contributed by atoms with Crippen LogP contribution in [0.2, 0.25) is 5.02 Å². The summed E-state index contributed by atoms with van der Waals surface area (Å²) in [4.78, 5) is 20.7. The molecule has 1 rings (SSSR count). The molecule has 8 heteroatoms. The lowest BCUT2D eigenvalue weighted by molar-refractivity contribution is -0.389. The van der Waals surface area contributed by atoms with E-state index in [4.69, 9.17) is 11.6 Å². The monoisotopic (exact) mass is 233 g/mol. The van der Waals surface area contributed by atoms with Crippen LogP contribution in [-0.4, -0.2) is 27.3 Å². The number of carbonyl (C=O) groups excluding carboxylic acids is 1. The molecule has 0 atom stereocenters. The van der Waals surface area contributed by atoms with Crippen LogP contribution < -0.4 is 0 Å². The zero-order valence-electron chi connectivity index (χ0n) is 7.84. The fourth-order valence-electron chi connectivity index (χ4n) is 0.930. The van der Waals surface area contributed by atoms with E-state index in [-0.39, 0.29) is 18.2 Å². The largest absolute Gasteiger partial charge is 0.465 e. The van der Waals surface area contributed by atoms with Gasteiger partial charge in [-0.2, -0.15) is 4.68 Å². The fourth-order valence-corrected chi connectivity index (χ4v) is 1.15. The van der Waals surface area contributed by atoms with E-state index in [1.807, 2.05) is 0 Å². The van der Waals surface area contributed by atoms with Gasteiger partial charge in [0, 0.05) is 0 Å². The van der Waals surface area contributed by atoms with Gasteiger partial charge < -0.3 is 14.9 Å². The number of hydrogen-bond donors (Lipinski definition) is 0. The van der Waals surface area contributed by atoms with Crippen molar-refractivity contribution in [3.8, 4) is 0 Å². The fraction of sp³-hybridized carbons (Fsp3) is 0.429. The van der Waals surface area contributed by atoms with Crippen LogP contribution in [-0.2, 0) is 16.1 Å². The first-order valence-corrected chi connectivity index (χ1v) is 4.45. The second kappa shape index (κ2) is 4.74. The van der Waals surface area contributed by atoms with E-state index in [1.54, 1.807) is 6.92 Å². The summed E-state index contributed by atoms with van der Waals surface area (Å²) in [6, 6.07) is 0. The first-order chi connectivity index (χ1) is 7.04. The van der Waals surface area contributed by atoms with E-state index < -0.39 is 16.7 Å². The van der Waals surface area contributed by atoms with Crippen LogP contribution in [0.3, 0.4) is 0 Å². The molecule has 0 aromatic carbocycles. The molecule has 0 fully saturated rings. The standard InChI is InChI=1S/C7H8ClN3O4/c1-2-15-6(12)4-10-3-5(8)7(9-10)11(13)14/h3H,2,4H2,1H3. The number of nitrogens with zero attached hydrogens (tertiary/aromatic N) is 3. The van der Waals surface area contributed by atoms with Gasteiger partial charge >= 0.3 is 11.8 Å². The summed E-state index contributed by atoms with van der Waals surface area (Å²) in [7, 11) is 0. The van der Waals surface area contributed by atoms with Crippen LogP contribution in [0.25, 0.3) is 0 Å². The highest BCUT2D eigenvalue weighted by molar-refractivity contribution is 6.32. The van der Waals surface area contributed by atoms with E-state index in [2.05, 4.69) is 9.84 Å². The van der Waals surface area contributed by atoms with E-state index >= 15 is 0 Å². The molecule has 0 saturated heterocycles. The molecule has 0 aliphatic rings. The third kappa shape index (κ3) is 2.91. The first-order valence-electron chi connectivity index (χ1n) is 4.07. The highest BCUT2D eigenvalue weighted by Crippen LogP contribution is 2.20. The van der Waals surface area contributed by atoms with Gasteiger partial charge in [-0.3, -0.25) is 0 Å². The van der Waals surface area contributed by atoms with Gasteiger partial charge in [0.05, 0.1) is 17.9 Å². The number of rotatable bonds is 4. The topological polar surface area (TPSA) is 87.3 Å². The van der Waals surface area contributed by atoms with Crippen LogP contribution in [0, 0.1) is 10.1 Å². The van der Waals surface area contributed by atoms with Crippen molar-refractivity contribution in [3.63, 3.8) is 0 Å². The molecule has 0 bridgehead atoms. The van der Waals surface area contributed by atoms with Gasteiger partial charge in [-0.25, -0.2) is 4.79 Å². The molecule has 15 heavy (non-hydrogen) atoms. The number of carbonyl (C=O) groups is 1. The van der Waals surface area contributed by atoms with Crippen molar-refractivity contribution in [2.75, 3.05) is 6.61 Å². The molecule has 1 aromatic rings. The summed E-state index contributed by atoms with van der Waals surface area (Å²) in [5, 5.41) is 13.8. The lowest BCUT2D eigenvalue weighted by atomic mass is 10.6. The molecule has 1 heterocycles. The number of esters is 1. The average molecular weight is 234 g/mol. The minimum atomic E-state index is -0.718. The molecule has 0 N–H and O–H groups in total. The van der Waals surface area contributed by atoms with Gasteiger partial charge in [-0.05, 0) is 11.8 Å². The van der Waals surface area contributed by atoms with Crippen molar-refractivity contribution in [2.24, 2.45) is 0 Å². The van der Waals surface area contributed by atoms with Crippen molar-refractivity contribution in [1.82, 2.24) is 9.78 Å². The summed E-state index contributed by atoms with van der Waals surface area (Å²) in [5.41, 5.74) is 0. The van der Waals surface area contributed by atoms with Crippen LogP contribution in [0.15, 0.2) is 6.20 Å². The van der Waals surface area contributed by atoms with Crippen LogP contribution >= 0.6 is 11.6 Å². The van der Waals surface area contributed by atoms with Crippen LogP contribution in [0.1, 0.15) is 6.92 Å². The molecule has 7 nitrogen and oxygen atoms in total. The third-order valence-corrected chi connectivity index (χ3v) is 1.74. The Morgan fingerprint density at radius 1 is 1.80 bits per heavy atom. The smallest absolute Gasteiger partial charge is 0.408 e. The third-order valence-electron chi connectivity index (χ3n) is 1.47. The normalized spacial score (nSPS) is 10.0. The van der Waals surface area contributed by atoms with E-state index in [0.29, 0.717) is 0 Å². The minimum absolute atomic E-state index is 0.107. The van der Waals surface area contributed by atoms with Crippen molar-refractivity contribution < 1.29 is 14.5 Å². The Kier molecular flexibility index (Phi) is 3.62. The summed E-state index contributed by atoms with van der Waals surface area (Å²) < 4.78 is 5.71. The molecule has 0 spiro atoms. The molecular formula is C7H8ClN3O4. The van der Waals surface area contributed by atoms with E-state index in [0.717, 1.165) is 4.68 Å². The van der Waals surface area contributed by atoms with Gasteiger partial charge in [-0.1, -0.05) is 11.6 Å². The Hall–Kier alpha value is -1.63. The van der Waals surface area contributed by atoms with Gasteiger partial charge in [0.1, 0.15) is 0 Å². The number of ether oxygens (including phenoxy) is 1. The Labute approximate surface area is 89.7 Å². The predicted octanol–water partition coefficient (Wildman–Crippen LogP) is 1.01. The molecule has 0 aliphatic carbocycles. The van der Waals surface area contributed by atoms with Crippen molar-refractivity contribution >= 4 is 23.4 Å². The summed E-state index contributed by atoms with van der Waals surface area (Å²) in [6.45, 7) is 1.72. The second-order valence-corrected chi connectivity index (χ2v) is 2.97.